The maximum atomic E-state index is 5.18. The molecule has 6 heteroatoms. The van der Waals surface area contributed by atoms with Crippen molar-refractivity contribution in [1.82, 2.24) is 15.5 Å². The third-order valence-corrected chi connectivity index (χ3v) is 4.78. The Hall–Kier alpha value is -1.02. The number of halogens is 1. The fraction of sp³-hybridized carbons (Fsp3) is 0.611. The van der Waals surface area contributed by atoms with Gasteiger partial charge in [-0.1, -0.05) is 12.1 Å². The van der Waals surface area contributed by atoms with Crippen molar-refractivity contribution in [3.63, 3.8) is 0 Å². The van der Waals surface area contributed by atoms with Gasteiger partial charge in [0.15, 0.2) is 5.96 Å². The number of methoxy groups -OCH3 is 1. The van der Waals surface area contributed by atoms with E-state index in [2.05, 4.69) is 32.7 Å². The van der Waals surface area contributed by atoms with Gasteiger partial charge in [-0.3, -0.25) is 4.99 Å². The van der Waals surface area contributed by atoms with Gasteiger partial charge >= 0.3 is 0 Å². The average molecular weight is 444 g/mol. The molecule has 3 rings (SSSR count). The van der Waals surface area contributed by atoms with Gasteiger partial charge in [-0.2, -0.15) is 0 Å². The molecule has 24 heavy (non-hydrogen) atoms. The number of hydrogen-bond donors (Lipinski definition) is 2. The van der Waals surface area contributed by atoms with Gasteiger partial charge in [0.05, 0.1) is 7.11 Å². The zero-order chi connectivity index (χ0) is 16.1. The number of aliphatic imine (C=N–C) groups is 1. The lowest BCUT2D eigenvalue weighted by atomic mass is 10.1. The van der Waals surface area contributed by atoms with E-state index in [0.29, 0.717) is 0 Å². The van der Waals surface area contributed by atoms with Crippen molar-refractivity contribution < 1.29 is 4.74 Å². The number of guanidine groups is 1. The summed E-state index contributed by atoms with van der Waals surface area (Å²) in [5.74, 6) is 2.51. The van der Waals surface area contributed by atoms with Crippen LogP contribution >= 0.6 is 24.0 Å². The Morgan fingerprint density at radius 1 is 1.21 bits per heavy atom. The Morgan fingerprint density at radius 2 is 1.96 bits per heavy atom. The molecule has 1 aliphatic carbocycles. The first-order valence-electron chi connectivity index (χ1n) is 8.60. The molecule has 0 aromatic heterocycles. The number of hydrogen-bond acceptors (Lipinski definition) is 3. The molecule has 2 fully saturated rings. The third kappa shape index (κ3) is 5.51. The molecule has 1 saturated heterocycles. The molecule has 1 aromatic carbocycles. The van der Waals surface area contributed by atoms with Crippen LogP contribution < -0.4 is 15.4 Å². The summed E-state index contributed by atoms with van der Waals surface area (Å²) in [7, 11) is 3.51. The third-order valence-electron chi connectivity index (χ3n) is 4.78. The van der Waals surface area contributed by atoms with Crippen LogP contribution in [0.2, 0.25) is 0 Å². The molecule has 2 N–H and O–H groups in total. The molecule has 134 valence electrons. The fourth-order valence-electron chi connectivity index (χ4n) is 3.19. The largest absolute Gasteiger partial charge is 0.497 e. The number of rotatable bonds is 6. The first-order valence-corrected chi connectivity index (χ1v) is 8.60. The standard InChI is InChI=1S/C18H28N4O.HI/c1-19-18(20-11-14-3-7-17(23-2)8-4-14)21-12-15-9-10-22(13-15)16-5-6-16;/h3-4,7-8,15-16H,5-6,9-13H2,1-2H3,(H2,19,20,21);1H. The molecule has 0 bridgehead atoms. The van der Waals surface area contributed by atoms with E-state index in [9.17, 15) is 0 Å². The smallest absolute Gasteiger partial charge is 0.191 e. The van der Waals surface area contributed by atoms with Crippen LogP contribution in [0, 0.1) is 5.92 Å². The van der Waals surface area contributed by atoms with Gasteiger partial charge in [0.25, 0.3) is 0 Å². The van der Waals surface area contributed by atoms with E-state index in [0.717, 1.165) is 36.8 Å². The highest BCUT2D eigenvalue weighted by molar-refractivity contribution is 14.0. The van der Waals surface area contributed by atoms with E-state index < -0.39 is 0 Å². The zero-order valence-corrected chi connectivity index (χ0v) is 17.0. The minimum atomic E-state index is 0. The summed E-state index contributed by atoms with van der Waals surface area (Å²) in [6.07, 6.45) is 4.12. The predicted octanol–water partition coefficient (Wildman–Crippen LogP) is 2.46. The van der Waals surface area contributed by atoms with Crippen LogP contribution in [-0.4, -0.2) is 50.7 Å². The maximum absolute atomic E-state index is 5.18. The summed E-state index contributed by atoms with van der Waals surface area (Å²) in [4.78, 5) is 6.97. The normalized spacial score (nSPS) is 21.2. The maximum Gasteiger partial charge on any atom is 0.191 e. The quantitative estimate of drug-likeness (QED) is 0.402. The van der Waals surface area contributed by atoms with Crippen LogP contribution in [-0.2, 0) is 6.54 Å². The highest BCUT2D eigenvalue weighted by atomic mass is 127. The van der Waals surface area contributed by atoms with Crippen LogP contribution in [0.1, 0.15) is 24.8 Å². The molecule has 2 aliphatic rings. The van der Waals surface area contributed by atoms with Crippen LogP contribution in [0.15, 0.2) is 29.3 Å². The Balaban J connectivity index is 0.00000208. The van der Waals surface area contributed by atoms with Gasteiger partial charge in [0.2, 0.25) is 0 Å². The van der Waals surface area contributed by atoms with Crippen molar-refractivity contribution in [2.24, 2.45) is 10.9 Å². The highest BCUT2D eigenvalue weighted by Gasteiger charge is 2.34. The number of nitrogens with zero attached hydrogens (tertiary/aromatic N) is 2. The van der Waals surface area contributed by atoms with E-state index in [-0.39, 0.29) is 24.0 Å². The van der Waals surface area contributed by atoms with Crippen molar-refractivity contribution in [2.75, 3.05) is 33.8 Å². The predicted molar refractivity (Wildman–Crippen MR) is 109 cm³/mol. The molecule has 1 unspecified atom stereocenters. The lowest BCUT2D eigenvalue weighted by Crippen LogP contribution is -2.40. The van der Waals surface area contributed by atoms with E-state index in [1.54, 1.807) is 7.11 Å². The molecular formula is C18H29IN4O. The van der Waals surface area contributed by atoms with E-state index in [1.807, 2.05) is 19.2 Å². The summed E-state index contributed by atoms with van der Waals surface area (Å²) in [5, 5.41) is 6.85. The SMILES string of the molecule is CN=C(NCc1ccc(OC)cc1)NCC1CCN(C2CC2)C1.I. The van der Waals surface area contributed by atoms with Gasteiger partial charge in [-0.25, -0.2) is 0 Å². The molecule has 1 aliphatic heterocycles. The van der Waals surface area contributed by atoms with Crippen LogP contribution in [0.5, 0.6) is 5.75 Å². The van der Waals surface area contributed by atoms with Crippen molar-refractivity contribution in [3.05, 3.63) is 29.8 Å². The van der Waals surface area contributed by atoms with Gasteiger partial charge < -0.3 is 20.3 Å². The minimum absolute atomic E-state index is 0. The average Bonchev–Trinajstić information content (AvgIpc) is 3.34. The van der Waals surface area contributed by atoms with Gasteiger partial charge in [-0.05, 0) is 49.4 Å². The van der Waals surface area contributed by atoms with E-state index in [4.69, 9.17) is 4.74 Å². The molecule has 1 aromatic rings. The van der Waals surface area contributed by atoms with Crippen LogP contribution in [0.25, 0.3) is 0 Å². The van der Waals surface area contributed by atoms with Crippen molar-refractivity contribution in [1.29, 1.82) is 0 Å². The van der Waals surface area contributed by atoms with E-state index in [1.165, 1.54) is 37.9 Å². The summed E-state index contributed by atoms with van der Waals surface area (Å²) in [6, 6.07) is 9.01. The Morgan fingerprint density at radius 3 is 2.58 bits per heavy atom. The number of ether oxygens (including phenoxy) is 1. The molecule has 0 radical (unpaired) electrons. The molecule has 0 amide bonds. The van der Waals surface area contributed by atoms with Crippen molar-refractivity contribution >= 4 is 29.9 Å². The number of benzene rings is 1. The minimum Gasteiger partial charge on any atom is -0.497 e. The second-order valence-corrected chi connectivity index (χ2v) is 6.54. The van der Waals surface area contributed by atoms with Gasteiger partial charge in [0.1, 0.15) is 5.75 Å². The lowest BCUT2D eigenvalue weighted by molar-refractivity contribution is 0.314. The lowest BCUT2D eigenvalue weighted by Gasteiger charge is -2.17. The fourth-order valence-corrected chi connectivity index (χ4v) is 3.19. The van der Waals surface area contributed by atoms with Crippen molar-refractivity contribution in [2.45, 2.75) is 31.8 Å². The van der Waals surface area contributed by atoms with E-state index >= 15 is 0 Å². The molecule has 5 nitrogen and oxygen atoms in total. The Labute approximate surface area is 162 Å². The molecule has 0 spiro atoms. The molecular weight excluding hydrogens is 415 g/mol. The molecule has 1 heterocycles. The molecule has 1 saturated carbocycles. The highest BCUT2D eigenvalue weighted by Crippen LogP contribution is 2.31. The Bertz CT molecular complexity index is 530. The first-order chi connectivity index (χ1) is 11.3. The molecule has 1 atom stereocenters. The summed E-state index contributed by atoms with van der Waals surface area (Å²) < 4.78 is 5.18. The first kappa shape index (κ1) is 19.3. The van der Waals surface area contributed by atoms with Crippen LogP contribution in [0.3, 0.4) is 0 Å². The topological polar surface area (TPSA) is 48.9 Å². The summed E-state index contributed by atoms with van der Waals surface area (Å²) in [5.41, 5.74) is 1.22. The second kappa shape index (κ2) is 9.46. The van der Waals surface area contributed by atoms with Gasteiger partial charge in [0, 0.05) is 32.7 Å². The monoisotopic (exact) mass is 444 g/mol. The second-order valence-electron chi connectivity index (χ2n) is 6.54. The summed E-state index contributed by atoms with van der Waals surface area (Å²) >= 11 is 0. The van der Waals surface area contributed by atoms with Crippen LogP contribution in [0.4, 0.5) is 0 Å². The van der Waals surface area contributed by atoms with Crippen molar-refractivity contribution in [3.8, 4) is 5.75 Å². The summed E-state index contributed by atoms with van der Waals surface area (Å²) in [6.45, 7) is 4.29. The van der Waals surface area contributed by atoms with Gasteiger partial charge in [-0.15, -0.1) is 24.0 Å². The number of likely N-dealkylation sites (tertiary alicyclic amines) is 1. The Kier molecular flexibility index (Phi) is 7.61. The number of nitrogens with one attached hydrogen (secondary N) is 2. The zero-order valence-electron chi connectivity index (χ0n) is 14.6.